The third-order valence-electron chi connectivity index (χ3n) is 4.88. The van der Waals surface area contributed by atoms with Gasteiger partial charge in [-0.3, -0.25) is 9.69 Å². The molecule has 0 bridgehead atoms. The minimum atomic E-state index is -3.75. The standard InChI is InChI=1S/C19H19N3O6S/c1-19(15-10-12-6-4-5-7-14(12)28-15)17(23)22(18(24)20-19)11-13-8-9-16(27-13)29(25,26)21(2)3/h4-10H,11H2,1-3H3,(H,20,24)/t19-/m1/s1. The molecule has 3 aromatic rings. The van der Waals surface area contributed by atoms with Crippen LogP contribution in [0.2, 0.25) is 0 Å². The van der Waals surface area contributed by atoms with Gasteiger partial charge in [0.05, 0.1) is 6.54 Å². The Kier molecular flexibility index (Phi) is 4.28. The maximum absolute atomic E-state index is 13.0. The van der Waals surface area contributed by atoms with E-state index in [0.29, 0.717) is 11.3 Å². The van der Waals surface area contributed by atoms with E-state index in [9.17, 15) is 18.0 Å². The number of carbonyl (C=O) groups is 2. The van der Waals surface area contributed by atoms with Gasteiger partial charge in [0.1, 0.15) is 17.1 Å². The summed E-state index contributed by atoms with van der Waals surface area (Å²) >= 11 is 0. The monoisotopic (exact) mass is 417 g/mol. The molecule has 1 saturated heterocycles. The van der Waals surface area contributed by atoms with E-state index in [1.54, 1.807) is 19.1 Å². The minimum Gasteiger partial charge on any atom is -0.458 e. The molecule has 0 aliphatic carbocycles. The van der Waals surface area contributed by atoms with Crippen molar-refractivity contribution in [2.24, 2.45) is 0 Å². The van der Waals surface area contributed by atoms with Gasteiger partial charge in [-0.15, -0.1) is 0 Å². The SMILES string of the molecule is CN(C)S(=O)(=O)c1ccc(CN2C(=O)N[C@](C)(c3cc4ccccc4o3)C2=O)o1. The van der Waals surface area contributed by atoms with Crippen LogP contribution in [0, 0.1) is 0 Å². The van der Waals surface area contributed by atoms with Crippen molar-refractivity contribution in [1.82, 2.24) is 14.5 Å². The number of rotatable bonds is 5. The summed E-state index contributed by atoms with van der Waals surface area (Å²) < 4.78 is 36.4. The number of benzene rings is 1. The molecule has 29 heavy (non-hydrogen) atoms. The van der Waals surface area contributed by atoms with Crippen molar-refractivity contribution in [2.75, 3.05) is 14.1 Å². The molecule has 2 aromatic heterocycles. The van der Waals surface area contributed by atoms with Gasteiger partial charge in [0.25, 0.3) is 15.9 Å². The summed E-state index contributed by atoms with van der Waals surface area (Å²) in [5.41, 5.74) is -0.768. The normalized spacial score (nSPS) is 20.1. The number of hydrogen-bond donors (Lipinski definition) is 1. The number of fused-ring (bicyclic) bond motifs is 1. The predicted molar refractivity (Wildman–Crippen MR) is 102 cm³/mol. The second-order valence-electron chi connectivity index (χ2n) is 7.10. The quantitative estimate of drug-likeness (QED) is 0.637. The van der Waals surface area contributed by atoms with Crippen molar-refractivity contribution >= 4 is 32.9 Å². The van der Waals surface area contributed by atoms with Crippen molar-refractivity contribution in [1.29, 1.82) is 0 Å². The molecule has 1 aliphatic rings. The topological polar surface area (TPSA) is 113 Å². The lowest BCUT2D eigenvalue weighted by Crippen LogP contribution is -2.40. The van der Waals surface area contributed by atoms with Crippen LogP contribution in [-0.2, 0) is 26.9 Å². The summed E-state index contributed by atoms with van der Waals surface area (Å²) in [6.07, 6.45) is 0. The zero-order valence-corrected chi connectivity index (χ0v) is 16.8. The Morgan fingerprint density at radius 2 is 1.83 bits per heavy atom. The lowest BCUT2D eigenvalue weighted by Gasteiger charge is -2.18. The highest BCUT2D eigenvalue weighted by Crippen LogP contribution is 2.33. The number of hydrogen-bond acceptors (Lipinski definition) is 6. The number of furan rings is 2. The van der Waals surface area contributed by atoms with Crippen molar-refractivity contribution in [2.45, 2.75) is 24.1 Å². The lowest BCUT2D eigenvalue weighted by molar-refractivity contribution is -0.132. The number of sulfonamides is 1. The van der Waals surface area contributed by atoms with E-state index >= 15 is 0 Å². The van der Waals surface area contributed by atoms with E-state index in [1.807, 2.05) is 18.2 Å². The molecule has 3 amide bonds. The van der Waals surface area contributed by atoms with Gasteiger partial charge < -0.3 is 14.2 Å². The number of amides is 3. The fourth-order valence-electron chi connectivity index (χ4n) is 3.15. The first kappa shape index (κ1) is 19.2. The summed E-state index contributed by atoms with van der Waals surface area (Å²) in [6.45, 7) is 1.36. The van der Waals surface area contributed by atoms with Gasteiger partial charge in [-0.2, -0.15) is 0 Å². The highest BCUT2D eigenvalue weighted by molar-refractivity contribution is 7.88. The van der Waals surface area contributed by atoms with E-state index < -0.39 is 27.5 Å². The molecule has 1 N–H and O–H groups in total. The van der Waals surface area contributed by atoms with E-state index in [2.05, 4.69) is 5.32 Å². The number of nitrogens with one attached hydrogen (secondary N) is 1. The van der Waals surface area contributed by atoms with Gasteiger partial charge in [0.15, 0.2) is 5.54 Å². The molecule has 1 atom stereocenters. The molecule has 0 spiro atoms. The van der Waals surface area contributed by atoms with E-state index in [1.165, 1.54) is 26.2 Å². The Hall–Kier alpha value is -3.11. The van der Waals surface area contributed by atoms with Crippen LogP contribution in [0.15, 0.2) is 56.4 Å². The van der Waals surface area contributed by atoms with Crippen molar-refractivity contribution in [3.8, 4) is 0 Å². The Bertz CT molecular complexity index is 1190. The maximum Gasteiger partial charge on any atom is 0.325 e. The largest absolute Gasteiger partial charge is 0.458 e. The molecule has 152 valence electrons. The highest BCUT2D eigenvalue weighted by Gasteiger charge is 2.51. The summed E-state index contributed by atoms with van der Waals surface area (Å²) in [6, 6.07) is 11.1. The average molecular weight is 417 g/mol. The molecule has 1 fully saturated rings. The molecular formula is C19H19N3O6S. The molecule has 1 aliphatic heterocycles. The third kappa shape index (κ3) is 3.00. The van der Waals surface area contributed by atoms with E-state index in [0.717, 1.165) is 14.6 Å². The van der Waals surface area contributed by atoms with Crippen molar-refractivity contribution < 1.29 is 26.8 Å². The number of nitrogens with zero attached hydrogens (tertiary/aromatic N) is 2. The Balaban J connectivity index is 1.61. The van der Waals surface area contributed by atoms with Gasteiger partial charge in [-0.05, 0) is 31.2 Å². The highest BCUT2D eigenvalue weighted by atomic mass is 32.2. The van der Waals surface area contributed by atoms with Gasteiger partial charge in [-0.1, -0.05) is 18.2 Å². The van der Waals surface area contributed by atoms with Crippen LogP contribution in [0.1, 0.15) is 18.4 Å². The average Bonchev–Trinajstić information content (AvgIpc) is 3.36. The van der Waals surface area contributed by atoms with Gasteiger partial charge >= 0.3 is 6.03 Å². The molecule has 9 nitrogen and oxygen atoms in total. The van der Waals surface area contributed by atoms with Gasteiger partial charge in [-0.25, -0.2) is 17.5 Å². The number of imide groups is 1. The fraction of sp³-hybridized carbons (Fsp3) is 0.263. The van der Waals surface area contributed by atoms with E-state index in [-0.39, 0.29) is 17.4 Å². The van der Waals surface area contributed by atoms with Crippen LogP contribution in [0.5, 0.6) is 0 Å². The van der Waals surface area contributed by atoms with Crippen LogP contribution >= 0.6 is 0 Å². The number of carbonyl (C=O) groups excluding carboxylic acids is 2. The third-order valence-corrected chi connectivity index (χ3v) is 6.57. The molecule has 3 heterocycles. The first-order valence-corrected chi connectivity index (χ1v) is 10.2. The summed E-state index contributed by atoms with van der Waals surface area (Å²) in [4.78, 5) is 26.5. The molecule has 0 radical (unpaired) electrons. The summed E-state index contributed by atoms with van der Waals surface area (Å²) in [7, 11) is -0.984. The lowest BCUT2D eigenvalue weighted by atomic mass is 9.99. The Morgan fingerprint density at radius 3 is 2.52 bits per heavy atom. The second-order valence-corrected chi connectivity index (χ2v) is 9.19. The number of urea groups is 1. The predicted octanol–water partition coefficient (Wildman–Crippen LogP) is 2.24. The molecule has 4 rings (SSSR count). The first-order chi connectivity index (χ1) is 13.6. The summed E-state index contributed by atoms with van der Waals surface area (Å²) in [5, 5.41) is 3.21. The first-order valence-electron chi connectivity index (χ1n) is 8.77. The van der Waals surface area contributed by atoms with Crippen LogP contribution in [-0.4, -0.2) is 43.7 Å². The van der Waals surface area contributed by atoms with Crippen molar-refractivity contribution in [3.63, 3.8) is 0 Å². The van der Waals surface area contributed by atoms with Crippen LogP contribution < -0.4 is 5.32 Å². The zero-order chi connectivity index (χ0) is 21.0. The molecule has 10 heteroatoms. The van der Waals surface area contributed by atoms with Gasteiger partial charge in [0, 0.05) is 19.5 Å². The molecule has 0 saturated carbocycles. The molecular weight excluding hydrogens is 398 g/mol. The van der Waals surface area contributed by atoms with Crippen LogP contribution in [0.3, 0.4) is 0 Å². The second kappa shape index (κ2) is 6.46. The van der Waals surface area contributed by atoms with Crippen LogP contribution in [0.25, 0.3) is 11.0 Å². The molecule has 0 unspecified atom stereocenters. The fourth-order valence-corrected chi connectivity index (χ4v) is 3.97. The van der Waals surface area contributed by atoms with Crippen LogP contribution in [0.4, 0.5) is 4.79 Å². The molecule has 1 aromatic carbocycles. The number of para-hydroxylation sites is 1. The Morgan fingerprint density at radius 1 is 1.10 bits per heavy atom. The van der Waals surface area contributed by atoms with Crippen molar-refractivity contribution in [3.05, 3.63) is 54.0 Å². The summed E-state index contributed by atoms with van der Waals surface area (Å²) in [5.74, 6) is -0.0346. The van der Waals surface area contributed by atoms with Gasteiger partial charge in [0.2, 0.25) is 5.09 Å². The Labute approximate surface area is 166 Å². The zero-order valence-electron chi connectivity index (χ0n) is 16.0. The maximum atomic E-state index is 13.0. The smallest absolute Gasteiger partial charge is 0.325 e. The van der Waals surface area contributed by atoms with E-state index in [4.69, 9.17) is 8.83 Å². The minimum absolute atomic E-state index is 0.169.